The lowest BCUT2D eigenvalue weighted by atomic mass is 10.1. The molecule has 0 saturated heterocycles. The van der Waals surface area contributed by atoms with Crippen molar-refractivity contribution in [2.45, 2.75) is 25.8 Å². The normalized spacial score (nSPS) is 12.2. The summed E-state index contributed by atoms with van der Waals surface area (Å²) in [4.78, 5) is 23.6. The van der Waals surface area contributed by atoms with Crippen molar-refractivity contribution in [1.29, 1.82) is 0 Å². The summed E-state index contributed by atoms with van der Waals surface area (Å²) in [5.74, 6) is -1.16. The van der Waals surface area contributed by atoms with Crippen LogP contribution in [0, 0.1) is 0 Å². The van der Waals surface area contributed by atoms with Gasteiger partial charge in [0.05, 0.1) is 12.6 Å². The Bertz CT molecular complexity index is 233. The molecule has 1 unspecified atom stereocenters. The van der Waals surface area contributed by atoms with Gasteiger partial charge in [-0.05, 0) is 13.3 Å². The number of likely N-dealkylation sites (N-methyl/N-ethyl adjacent to an activating group) is 1. The van der Waals surface area contributed by atoms with E-state index in [1.54, 1.807) is 12.0 Å². The summed E-state index contributed by atoms with van der Waals surface area (Å²) in [6, 6.07) is -0.743. The third-order valence-corrected chi connectivity index (χ3v) is 2.25. The van der Waals surface area contributed by atoms with Crippen LogP contribution in [0.25, 0.3) is 0 Å². The third-order valence-electron chi connectivity index (χ3n) is 2.25. The van der Waals surface area contributed by atoms with Gasteiger partial charge in [-0.15, -0.1) is 0 Å². The zero-order valence-corrected chi connectivity index (χ0v) is 9.81. The Kier molecular flexibility index (Phi) is 7.49. The van der Waals surface area contributed by atoms with Gasteiger partial charge in [0.15, 0.2) is 0 Å². The molecule has 0 fully saturated rings. The molecular weight excluding hydrogens is 212 g/mol. The number of carbonyl (C=O) groups excluding carboxylic acids is 1. The van der Waals surface area contributed by atoms with Crippen molar-refractivity contribution in [3.8, 4) is 0 Å². The number of amides is 1. The van der Waals surface area contributed by atoms with Gasteiger partial charge in [0.1, 0.15) is 0 Å². The molecule has 0 aliphatic rings. The monoisotopic (exact) mass is 232 g/mol. The molecule has 0 aliphatic carbocycles. The maximum absolute atomic E-state index is 11.7. The topological polar surface area (TPSA) is 92.9 Å². The lowest BCUT2D eigenvalue weighted by Gasteiger charge is -2.23. The van der Waals surface area contributed by atoms with E-state index in [0.717, 1.165) is 0 Å². The van der Waals surface area contributed by atoms with Crippen LogP contribution in [0.2, 0.25) is 0 Å². The number of hydrogen-bond acceptors (Lipinski definition) is 4. The van der Waals surface area contributed by atoms with Crippen LogP contribution in [-0.2, 0) is 14.3 Å². The minimum atomic E-state index is -0.941. The number of carboxylic acids is 1. The van der Waals surface area contributed by atoms with Gasteiger partial charge in [-0.25, -0.2) is 0 Å². The summed E-state index contributed by atoms with van der Waals surface area (Å²) in [6.07, 6.45) is 0.0758. The Morgan fingerprint density at radius 1 is 1.50 bits per heavy atom. The fourth-order valence-electron chi connectivity index (χ4n) is 1.26. The van der Waals surface area contributed by atoms with Crippen LogP contribution in [0.1, 0.15) is 19.8 Å². The van der Waals surface area contributed by atoms with Crippen molar-refractivity contribution in [2.75, 3.05) is 26.8 Å². The highest BCUT2D eigenvalue weighted by atomic mass is 16.5. The lowest BCUT2D eigenvalue weighted by molar-refractivity contribution is -0.137. The average Bonchev–Trinajstić information content (AvgIpc) is 2.26. The van der Waals surface area contributed by atoms with Gasteiger partial charge in [-0.3, -0.25) is 9.59 Å². The van der Waals surface area contributed by atoms with Gasteiger partial charge >= 0.3 is 5.97 Å². The summed E-state index contributed by atoms with van der Waals surface area (Å²) >= 11 is 0. The van der Waals surface area contributed by atoms with E-state index >= 15 is 0 Å². The van der Waals surface area contributed by atoms with Gasteiger partial charge in [0, 0.05) is 26.6 Å². The predicted molar refractivity (Wildman–Crippen MR) is 59.0 cm³/mol. The molecule has 1 atom stereocenters. The zero-order chi connectivity index (χ0) is 12.6. The van der Waals surface area contributed by atoms with Crippen molar-refractivity contribution in [2.24, 2.45) is 5.73 Å². The highest BCUT2D eigenvalue weighted by Gasteiger charge is 2.20. The average molecular weight is 232 g/mol. The number of carbonyl (C=O) groups is 2. The Morgan fingerprint density at radius 3 is 2.56 bits per heavy atom. The molecule has 0 rings (SSSR count). The van der Waals surface area contributed by atoms with Crippen LogP contribution in [0.15, 0.2) is 0 Å². The van der Waals surface area contributed by atoms with E-state index in [1.165, 1.54) is 0 Å². The Balaban J connectivity index is 4.10. The van der Waals surface area contributed by atoms with Gasteiger partial charge in [0.25, 0.3) is 0 Å². The van der Waals surface area contributed by atoms with Crippen LogP contribution in [0.4, 0.5) is 0 Å². The SMILES string of the molecule is CCN(CCOC)C(=O)C(N)CCC(=O)O. The lowest BCUT2D eigenvalue weighted by Crippen LogP contribution is -2.45. The van der Waals surface area contributed by atoms with E-state index in [1.807, 2.05) is 6.92 Å². The molecule has 0 spiro atoms. The molecule has 0 aromatic rings. The van der Waals surface area contributed by atoms with Gasteiger partial charge in [-0.1, -0.05) is 0 Å². The molecule has 94 valence electrons. The molecule has 0 saturated carbocycles. The number of carboxylic acid groups (broad SMARTS) is 1. The quantitative estimate of drug-likeness (QED) is 0.598. The summed E-state index contributed by atoms with van der Waals surface area (Å²) in [5.41, 5.74) is 5.62. The molecule has 0 heterocycles. The maximum atomic E-state index is 11.7. The highest BCUT2D eigenvalue weighted by Crippen LogP contribution is 2.00. The first-order valence-electron chi connectivity index (χ1n) is 5.28. The summed E-state index contributed by atoms with van der Waals surface area (Å²) in [6.45, 7) is 3.32. The zero-order valence-electron chi connectivity index (χ0n) is 9.81. The first kappa shape index (κ1) is 14.9. The standard InChI is InChI=1S/C10H20N2O4/c1-3-12(6-7-16-2)10(15)8(11)4-5-9(13)14/h8H,3-7,11H2,1-2H3,(H,13,14). The van der Waals surface area contributed by atoms with E-state index in [0.29, 0.717) is 19.7 Å². The molecule has 0 aromatic carbocycles. The van der Waals surface area contributed by atoms with Crippen LogP contribution in [0.5, 0.6) is 0 Å². The van der Waals surface area contributed by atoms with Crippen LogP contribution in [0.3, 0.4) is 0 Å². The van der Waals surface area contributed by atoms with Crippen LogP contribution >= 0.6 is 0 Å². The summed E-state index contributed by atoms with van der Waals surface area (Å²) in [5, 5.41) is 8.48. The van der Waals surface area contributed by atoms with Crippen LogP contribution < -0.4 is 5.73 Å². The molecule has 0 aromatic heterocycles. The van der Waals surface area contributed by atoms with Gasteiger partial charge in [0.2, 0.25) is 5.91 Å². The largest absolute Gasteiger partial charge is 0.481 e. The smallest absolute Gasteiger partial charge is 0.303 e. The van der Waals surface area contributed by atoms with E-state index < -0.39 is 12.0 Å². The second-order valence-corrected chi connectivity index (χ2v) is 3.45. The van der Waals surface area contributed by atoms with Gasteiger partial charge in [-0.2, -0.15) is 0 Å². The summed E-state index contributed by atoms with van der Waals surface area (Å²) in [7, 11) is 1.56. The molecule has 6 nitrogen and oxygen atoms in total. The van der Waals surface area contributed by atoms with E-state index in [4.69, 9.17) is 15.6 Å². The fraction of sp³-hybridized carbons (Fsp3) is 0.800. The number of ether oxygens (including phenoxy) is 1. The molecule has 0 radical (unpaired) electrons. The first-order chi connectivity index (χ1) is 7.52. The number of methoxy groups -OCH3 is 1. The minimum absolute atomic E-state index is 0.0886. The number of nitrogens with two attached hydrogens (primary N) is 1. The second-order valence-electron chi connectivity index (χ2n) is 3.45. The molecule has 6 heteroatoms. The second kappa shape index (κ2) is 8.06. The minimum Gasteiger partial charge on any atom is -0.481 e. The highest BCUT2D eigenvalue weighted by molar-refractivity contribution is 5.82. The Hall–Kier alpha value is -1.14. The Morgan fingerprint density at radius 2 is 2.12 bits per heavy atom. The molecule has 0 aliphatic heterocycles. The van der Waals surface area contributed by atoms with E-state index in [2.05, 4.69) is 0 Å². The first-order valence-corrected chi connectivity index (χ1v) is 5.28. The number of hydrogen-bond donors (Lipinski definition) is 2. The molecule has 3 N–H and O–H groups in total. The Labute approximate surface area is 95.4 Å². The van der Waals surface area contributed by atoms with Crippen molar-refractivity contribution in [3.05, 3.63) is 0 Å². The third kappa shape index (κ3) is 5.67. The molecule has 1 amide bonds. The van der Waals surface area contributed by atoms with Crippen molar-refractivity contribution in [3.63, 3.8) is 0 Å². The predicted octanol–water partition coefficient (Wildman–Crippen LogP) is -0.327. The summed E-state index contributed by atoms with van der Waals surface area (Å²) < 4.78 is 4.87. The van der Waals surface area contributed by atoms with Gasteiger partial charge < -0.3 is 20.5 Å². The fourth-order valence-corrected chi connectivity index (χ4v) is 1.26. The van der Waals surface area contributed by atoms with Crippen molar-refractivity contribution in [1.82, 2.24) is 4.90 Å². The van der Waals surface area contributed by atoms with Crippen molar-refractivity contribution >= 4 is 11.9 Å². The number of aliphatic carboxylic acids is 1. The maximum Gasteiger partial charge on any atom is 0.303 e. The van der Waals surface area contributed by atoms with E-state index in [-0.39, 0.29) is 18.7 Å². The molecular formula is C10H20N2O4. The number of rotatable bonds is 8. The van der Waals surface area contributed by atoms with Crippen LogP contribution in [-0.4, -0.2) is 54.7 Å². The van der Waals surface area contributed by atoms with E-state index in [9.17, 15) is 9.59 Å². The number of nitrogens with zero attached hydrogens (tertiary/aromatic N) is 1. The molecule has 0 bridgehead atoms. The molecule has 16 heavy (non-hydrogen) atoms. The van der Waals surface area contributed by atoms with Crippen molar-refractivity contribution < 1.29 is 19.4 Å².